The van der Waals surface area contributed by atoms with Crippen LogP contribution in [0.15, 0.2) is 84.7 Å². The van der Waals surface area contributed by atoms with Crippen LogP contribution in [0, 0.1) is 11.3 Å². The Morgan fingerprint density at radius 3 is 2.54 bits per heavy atom. The van der Waals surface area contributed by atoms with Crippen molar-refractivity contribution in [3.05, 3.63) is 101 Å². The number of pyridine rings is 1. The van der Waals surface area contributed by atoms with E-state index >= 15 is 0 Å². The Morgan fingerprint density at radius 2 is 1.79 bits per heavy atom. The zero-order valence-corrected chi connectivity index (χ0v) is 15.2. The molecule has 0 aliphatic rings. The van der Waals surface area contributed by atoms with Crippen LogP contribution in [0.3, 0.4) is 0 Å². The first-order chi connectivity index (χ1) is 13.8. The molecule has 1 aromatic heterocycles. The average Bonchev–Trinajstić information content (AvgIpc) is 2.76. The van der Waals surface area contributed by atoms with Gasteiger partial charge in [0.2, 0.25) is 0 Å². The van der Waals surface area contributed by atoms with Crippen molar-refractivity contribution in [2.24, 2.45) is 0 Å². The number of rotatable bonds is 7. The van der Waals surface area contributed by atoms with Crippen LogP contribution in [-0.4, -0.2) is 10.9 Å². The molecular formula is C23H19N3O2. The number of hydrogen-bond donors (Lipinski definition) is 1. The molecule has 5 nitrogen and oxygen atoms in total. The molecule has 1 heterocycles. The van der Waals surface area contributed by atoms with Crippen LogP contribution >= 0.6 is 0 Å². The SMILES string of the molecule is N#C/C(=C\c1ccccc1OCc1cccnc1)C(=O)NCc1ccccc1. The summed E-state index contributed by atoms with van der Waals surface area (Å²) >= 11 is 0. The summed E-state index contributed by atoms with van der Waals surface area (Å²) in [5.74, 6) is 0.170. The summed E-state index contributed by atoms with van der Waals surface area (Å²) in [5, 5.41) is 12.2. The summed E-state index contributed by atoms with van der Waals surface area (Å²) in [7, 11) is 0. The van der Waals surface area contributed by atoms with Crippen molar-refractivity contribution in [2.45, 2.75) is 13.2 Å². The fourth-order valence-corrected chi connectivity index (χ4v) is 2.55. The van der Waals surface area contributed by atoms with E-state index in [0.29, 0.717) is 24.5 Å². The topological polar surface area (TPSA) is 75.0 Å². The normalized spacial score (nSPS) is 10.8. The molecule has 0 bridgehead atoms. The lowest BCUT2D eigenvalue weighted by Gasteiger charge is -2.10. The number of para-hydroxylation sites is 1. The summed E-state index contributed by atoms with van der Waals surface area (Å²) in [6.45, 7) is 0.707. The molecule has 1 amide bonds. The molecule has 0 spiro atoms. The maximum Gasteiger partial charge on any atom is 0.262 e. The molecule has 0 unspecified atom stereocenters. The molecule has 0 aliphatic carbocycles. The first kappa shape index (κ1) is 18.9. The average molecular weight is 369 g/mol. The lowest BCUT2D eigenvalue weighted by atomic mass is 10.1. The molecule has 3 rings (SSSR count). The van der Waals surface area contributed by atoms with Gasteiger partial charge in [0.15, 0.2) is 0 Å². The van der Waals surface area contributed by atoms with Gasteiger partial charge in [0.05, 0.1) is 0 Å². The minimum atomic E-state index is -0.423. The van der Waals surface area contributed by atoms with Crippen molar-refractivity contribution >= 4 is 12.0 Å². The quantitative estimate of drug-likeness (QED) is 0.506. The third-order valence-corrected chi connectivity index (χ3v) is 4.00. The molecule has 138 valence electrons. The van der Waals surface area contributed by atoms with E-state index in [1.165, 1.54) is 0 Å². The van der Waals surface area contributed by atoms with Crippen LogP contribution in [-0.2, 0) is 17.9 Å². The molecule has 3 aromatic rings. The Morgan fingerprint density at radius 1 is 1.04 bits per heavy atom. The Balaban J connectivity index is 1.71. The lowest BCUT2D eigenvalue weighted by molar-refractivity contribution is -0.117. The number of carbonyl (C=O) groups excluding carboxylic acids is 1. The van der Waals surface area contributed by atoms with Gasteiger partial charge in [-0.05, 0) is 23.8 Å². The highest BCUT2D eigenvalue weighted by Gasteiger charge is 2.11. The predicted octanol–water partition coefficient (Wildman–Crippen LogP) is 3.88. The monoisotopic (exact) mass is 369 g/mol. The van der Waals surface area contributed by atoms with Gasteiger partial charge < -0.3 is 10.1 Å². The summed E-state index contributed by atoms with van der Waals surface area (Å²) in [6.07, 6.45) is 4.97. The third-order valence-electron chi connectivity index (χ3n) is 4.00. The highest BCUT2D eigenvalue weighted by atomic mass is 16.5. The van der Waals surface area contributed by atoms with Gasteiger partial charge in [-0.15, -0.1) is 0 Å². The number of nitrogens with one attached hydrogen (secondary N) is 1. The maximum atomic E-state index is 12.4. The molecule has 0 saturated carbocycles. The Kier molecular flexibility index (Phi) is 6.53. The van der Waals surface area contributed by atoms with Crippen LogP contribution in [0.5, 0.6) is 5.75 Å². The summed E-state index contributed by atoms with van der Waals surface area (Å²) in [4.78, 5) is 16.5. The van der Waals surface area contributed by atoms with E-state index in [4.69, 9.17) is 4.74 Å². The molecule has 28 heavy (non-hydrogen) atoms. The van der Waals surface area contributed by atoms with Crippen molar-refractivity contribution in [2.75, 3.05) is 0 Å². The first-order valence-electron chi connectivity index (χ1n) is 8.81. The van der Waals surface area contributed by atoms with Crippen LogP contribution in [0.25, 0.3) is 6.08 Å². The zero-order valence-electron chi connectivity index (χ0n) is 15.2. The zero-order chi connectivity index (χ0) is 19.6. The Labute approximate surface area is 163 Å². The molecular weight excluding hydrogens is 350 g/mol. The molecule has 0 aliphatic heterocycles. The van der Waals surface area contributed by atoms with Gasteiger partial charge in [0, 0.05) is 30.1 Å². The minimum absolute atomic E-state index is 0.0216. The molecule has 2 aromatic carbocycles. The van der Waals surface area contributed by atoms with Crippen molar-refractivity contribution < 1.29 is 9.53 Å². The summed E-state index contributed by atoms with van der Waals surface area (Å²) < 4.78 is 5.85. The van der Waals surface area contributed by atoms with Crippen LogP contribution in [0.4, 0.5) is 0 Å². The number of carbonyl (C=O) groups is 1. The molecule has 0 radical (unpaired) electrons. The number of hydrogen-bond acceptors (Lipinski definition) is 4. The van der Waals surface area contributed by atoms with E-state index < -0.39 is 5.91 Å². The van der Waals surface area contributed by atoms with Gasteiger partial charge in [0.1, 0.15) is 24.0 Å². The largest absolute Gasteiger partial charge is 0.488 e. The molecule has 0 fully saturated rings. The van der Waals surface area contributed by atoms with Gasteiger partial charge in [0.25, 0.3) is 5.91 Å². The molecule has 1 N–H and O–H groups in total. The maximum absolute atomic E-state index is 12.4. The third kappa shape index (κ3) is 5.29. The highest BCUT2D eigenvalue weighted by molar-refractivity contribution is 6.01. The minimum Gasteiger partial charge on any atom is -0.488 e. The van der Waals surface area contributed by atoms with Crippen LogP contribution < -0.4 is 10.1 Å². The van der Waals surface area contributed by atoms with E-state index in [1.807, 2.05) is 60.7 Å². The van der Waals surface area contributed by atoms with Gasteiger partial charge >= 0.3 is 0 Å². The predicted molar refractivity (Wildman–Crippen MR) is 107 cm³/mol. The van der Waals surface area contributed by atoms with E-state index in [1.54, 1.807) is 30.6 Å². The number of aromatic nitrogens is 1. The van der Waals surface area contributed by atoms with Gasteiger partial charge in [-0.2, -0.15) is 5.26 Å². The molecule has 0 saturated heterocycles. The smallest absolute Gasteiger partial charge is 0.262 e. The van der Waals surface area contributed by atoms with Crippen LogP contribution in [0.1, 0.15) is 16.7 Å². The standard InChI is InChI=1S/C23H19N3O2/c24-14-21(23(27)26-16-18-7-2-1-3-8-18)13-20-10-4-5-11-22(20)28-17-19-9-6-12-25-15-19/h1-13,15H,16-17H2,(H,26,27)/b21-13+. The van der Waals surface area contributed by atoms with Crippen molar-refractivity contribution in [3.63, 3.8) is 0 Å². The molecule has 0 atom stereocenters. The number of nitrogens with zero attached hydrogens (tertiary/aromatic N) is 2. The van der Waals surface area contributed by atoms with E-state index in [-0.39, 0.29) is 5.57 Å². The van der Waals surface area contributed by atoms with Crippen molar-refractivity contribution in [3.8, 4) is 11.8 Å². The molecule has 5 heteroatoms. The summed E-state index contributed by atoms with van der Waals surface area (Å²) in [5.41, 5.74) is 2.59. The van der Waals surface area contributed by atoms with Crippen molar-refractivity contribution in [1.82, 2.24) is 10.3 Å². The highest BCUT2D eigenvalue weighted by Crippen LogP contribution is 2.22. The summed E-state index contributed by atoms with van der Waals surface area (Å²) in [6, 6.07) is 22.6. The second-order valence-corrected chi connectivity index (χ2v) is 6.03. The lowest BCUT2D eigenvalue weighted by Crippen LogP contribution is -2.23. The van der Waals surface area contributed by atoms with E-state index in [9.17, 15) is 10.1 Å². The number of nitriles is 1. The second-order valence-electron chi connectivity index (χ2n) is 6.03. The number of amides is 1. The van der Waals surface area contributed by atoms with E-state index in [2.05, 4.69) is 10.3 Å². The van der Waals surface area contributed by atoms with Crippen LogP contribution in [0.2, 0.25) is 0 Å². The van der Waals surface area contributed by atoms with E-state index in [0.717, 1.165) is 11.1 Å². The van der Waals surface area contributed by atoms with Gasteiger partial charge in [-0.3, -0.25) is 9.78 Å². The number of ether oxygens (including phenoxy) is 1. The second kappa shape index (κ2) is 9.70. The fraction of sp³-hybridized carbons (Fsp3) is 0.0870. The first-order valence-corrected chi connectivity index (χ1v) is 8.81. The van der Waals surface area contributed by atoms with Gasteiger partial charge in [-0.1, -0.05) is 54.6 Å². The van der Waals surface area contributed by atoms with Gasteiger partial charge in [-0.25, -0.2) is 0 Å². The Hall–Kier alpha value is -3.91. The Bertz CT molecular complexity index is 993. The fourth-order valence-electron chi connectivity index (χ4n) is 2.55. The van der Waals surface area contributed by atoms with Crippen molar-refractivity contribution in [1.29, 1.82) is 5.26 Å². The number of benzene rings is 2.